The van der Waals surface area contributed by atoms with Crippen LogP contribution in [0.15, 0.2) is 243 Å². The SMILES string of the molecule is c1ccc(-c2c(-c3ccccc3)c(-c3ccccc3)c(-c3ccc(-c4ccc5c6ccccc6c6ccccc6c5c4)cc3)c(-c3ccccc3)c2-c2ccccc2)cc1. The van der Waals surface area contributed by atoms with Crippen LogP contribution in [0.2, 0.25) is 0 Å². The molecule has 0 aliphatic rings. The highest BCUT2D eigenvalue weighted by Crippen LogP contribution is 2.56. The van der Waals surface area contributed by atoms with Crippen LogP contribution in [0, 0.1) is 0 Å². The summed E-state index contributed by atoms with van der Waals surface area (Å²) < 4.78 is 0. The normalized spacial score (nSPS) is 11.3. The maximum atomic E-state index is 2.39. The fraction of sp³-hybridized carbons (Fsp3) is 0. The third kappa shape index (κ3) is 6.09. The molecule has 0 bridgehead atoms. The molecule has 0 radical (unpaired) electrons. The standard InChI is InChI=1S/C60H40/c1-6-20-42(21-7-1)55-56(43-22-8-2-9-23-43)58(45-26-12-4-13-27-45)60(59(46-28-14-5-15-29-46)57(55)44-24-10-3-11-25-44)47-36-34-41(35-37-47)48-38-39-53-51-32-17-16-30-49(51)50-31-18-19-33-52(50)54(53)40-48/h1-40H. The Morgan fingerprint density at radius 1 is 0.133 bits per heavy atom. The molecule has 0 spiro atoms. The molecule has 11 aromatic carbocycles. The molecule has 0 heterocycles. The average Bonchev–Trinajstić information content (AvgIpc) is 3.34. The van der Waals surface area contributed by atoms with Crippen molar-refractivity contribution < 1.29 is 0 Å². The molecule has 60 heavy (non-hydrogen) atoms. The van der Waals surface area contributed by atoms with Crippen molar-refractivity contribution in [2.75, 3.05) is 0 Å². The van der Waals surface area contributed by atoms with Crippen molar-refractivity contribution in [2.45, 2.75) is 0 Å². The highest BCUT2D eigenvalue weighted by molar-refractivity contribution is 6.26. The predicted octanol–water partition coefficient (Wildman–Crippen LogP) is 16.8. The van der Waals surface area contributed by atoms with Gasteiger partial charge in [0.25, 0.3) is 0 Å². The van der Waals surface area contributed by atoms with Crippen molar-refractivity contribution in [2.24, 2.45) is 0 Å². The van der Waals surface area contributed by atoms with Crippen LogP contribution in [0.3, 0.4) is 0 Å². The molecular formula is C60H40. The van der Waals surface area contributed by atoms with Crippen molar-refractivity contribution in [3.8, 4) is 77.9 Å². The van der Waals surface area contributed by atoms with Gasteiger partial charge < -0.3 is 0 Å². The van der Waals surface area contributed by atoms with Crippen molar-refractivity contribution in [1.82, 2.24) is 0 Å². The summed E-state index contributed by atoms with van der Waals surface area (Å²) in [7, 11) is 0. The monoisotopic (exact) mass is 760 g/mol. The van der Waals surface area contributed by atoms with E-state index in [1.54, 1.807) is 0 Å². The Bertz CT molecular complexity index is 3160. The molecule has 0 heteroatoms. The molecule has 0 nitrogen and oxygen atoms in total. The zero-order chi connectivity index (χ0) is 39.8. The molecular weight excluding hydrogens is 721 g/mol. The van der Waals surface area contributed by atoms with Gasteiger partial charge in [0.15, 0.2) is 0 Å². The molecule has 0 fully saturated rings. The first-order chi connectivity index (χ1) is 29.8. The lowest BCUT2D eigenvalue weighted by molar-refractivity contribution is 1.51. The summed E-state index contributed by atoms with van der Waals surface area (Å²) in [5, 5.41) is 7.72. The molecule has 0 saturated heterocycles. The molecule has 0 atom stereocenters. The first kappa shape index (κ1) is 35.4. The van der Waals surface area contributed by atoms with E-state index in [0.717, 1.165) is 0 Å². The zero-order valence-electron chi connectivity index (χ0n) is 33.1. The van der Waals surface area contributed by atoms with Gasteiger partial charge in [-0.2, -0.15) is 0 Å². The van der Waals surface area contributed by atoms with Gasteiger partial charge in [-0.3, -0.25) is 0 Å². The number of benzene rings is 11. The largest absolute Gasteiger partial charge is 0.0622 e. The first-order valence-electron chi connectivity index (χ1n) is 20.8. The van der Waals surface area contributed by atoms with Gasteiger partial charge in [-0.25, -0.2) is 0 Å². The van der Waals surface area contributed by atoms with Gasteiger partial charge in [-0.15, -0.1) is 0 Å². The van der Waals surface area contributed by atoms with Gasteiger partial charge in [0.2, 0.25) is 0 Å². The van der Waals surface area contributed by atoms with E-state index in [-0.39, 0.29) is 0 Å². The van der Waals surface area contributed by atoms with Gasteiger partial charge in [0.1, 0.15) is 0 Å². The lowest BCUT2D eigenvalue weighted by Gasteiger charge is -2.29. The van der Waals surface area contributed by atoms with Gasteiger partial charge in [0.05, 0.1) is 0 Å². The predicted molar refractivity (Wildman–Crippen MR) is 257 cm³/mol. The van der Waals surface area contributed by atoms with Gasteiger partial charge >= 0.3 is 0 Å². The van der Waals surface area contributed by atoms with Crippen LogP contribution in [0.4, 0.5) is 0 Å². The van der Waals surface area contributed by atoms with Crippen LogP contribution >= 0.6 is 0 Å². The van der Waals surface area contributed by atoms with E-state index in [2.05, 4.69) is 243 Å². The van der Waals surface area contributed by atoms with Crippen LogP contribution in [0.5, 0.6) is 0 Å². The first-order valence-corrected chi connectivity index (χ1v) is 20.8. The molecule has 11 rings (SSSR count). The summed E-state index contributed by atoms with van der Waals surface area (Å²) in [6, 6.07) is 88.8. The van der Waals surface area contributed by atoms with Crippen LogP contribution in [-0.2, 0) is 0 Å². The van der Waals surface area contributed by atoms with Crippen molar-refractivity contribution in [3.63, 3.8) is 0 Å². The molecule has 0 N–H and O–H groups in total. The lowest BCUT2D eigenvalue weighted by Crippen LogP contribution is -2.02. The zero-order valence-corrected chi connectivity index (χ0v) is 33.1. The minimum Gasteiger partial charge on any atom is -0.0622 e. The summed E-state index contributed by atoms with van der Waals surface area (Å²) >= 11 is 0. The molecule has 0 saturated carbocycles. The van der Waals surface area contributed by atoms with Crippen LogP contribution in [0.1, 0.15) is 0 Å². The second-order valence-corrected chi connectivity index (χ2v) is 15.5. The summed E-state index contributed by atoms with van der Waals surface area (Å²) in [4.78, 5) is 0. The summed E-state index contributed by atoms with van der Waals surface area (Å²) in [6.45, 7) is 0. The number of hydrogen-bond acceptors (Lipinski definition) is 0. The summed E-state index contributed by atoms with van der Waals surface area (Å²) in [5.41, 5.74) is 16.8. The van der Waals surface area contributed by atoms with Crippen molar-refractivity contribution >= 4 is 32.3 Å². The van der Waals surface area contributed by atoms with Gasteiger partial charge in [0, 0.05) is 0 Å². The fourth-order valence-electron chi connectivity index (χ4n) is 9.42. The smallest absolute Gasteiger partial charge is 0.00139 e. The quantitative estimate of drug-likeness (QED) is 0.142. The lowest BCUT2D eigenvalue weighted by atomic mass is 9.74. The van der Waals surface area contributed by atoms with Gasteiger partial charge in [-0.1, -0.05) is 237 Å². The molecule has 280 valence electrons. The Hall–Kier alpha value is -7.80. The van der Waals surface area contributed by atoms with E-state index in [4.69, 9.17) is 0 Å². The third-order valence-corrected chi connectivity index (χ3v) is 12.1. The second-order valence-electron chi connectivity index (χ2n) is 15.5. The maximum absolute atomic E-state index is 2.39. The summed E-state index contributed by atoms with van der Waals surface area (Å²) in [5.74, 6) is 0. The number of rotatable bonds is 7. The molecule has 11 aromatic rings. The number of hydrogen-bond donors (Lipinski definition) is 0. The molecule has 0 aromatic heterocycles. The maximum Gasteiger partial charge on any atom is -0.00139 e. The fourth-order valence-corrected chi connectivity index (χ4v) is 9.42. The van der Waals surface area contributed by atoms with Crippen molar-refractivity contribution in [1.29, 1.82) is 0 Å². The topological polar surface area (TPSA) is 0 Å². The molecule has 0 amide bonds. The van der Waals surface area contributed by atoms with E-state index in [1.807, 2.05) is 0 Å². The van der Waals surface area contributed by atoms with Gasteiger partial charge in [-0.05, 0) is 116 Å². The average molecular weight is 761 g/mol. The summed E-state index contributed by atoms with van der Waals surface area (Å²) in [6.07, 6.45) is 0. The van der Waals surface area contributed by atoms with E-state index in [1.165, 1.54) is 110 Å². The van der Waals surface area contributed by atoms with E-state index < -0.39 is 0 Å². The highest BCUT2D eigenvalue weighted by atomic mass is 14.3. The van der Waals surface area contributed by atoms with Crippen molar-refractivity contribution in [3.05, 3.63) is 243 Å². The Morgan fingerprint density at radius 2 is 0.350 bits per heavy atom. The Kier molecular flexibility index (Phi) is 8.95. The van der Waals surface area contributed by atoms with Crippen LogP contribution in [0.25, 0.3) is 110 Å². The van der Waals surface area contributed by atoms with E-state index in [9.17, 15) is 0 Å². The van der Waals surface area contributed by atoms with Crippen LogP contribution in [-0.4, -0.2) is 0 Å². The van der Waals surface area contributed by atoms with Crippen LogP contribution < -0.4 is 0 Å². The number of fused-ring (bicyclic) bond motifs is 6. The minimum absolute atomic E-state index is 1.17. The Labute approximate surface area is 351 Å². The van der Waals surface area contributed by atoms with E-state index in [0.29, 0.717) is 0 Å². The Balaban J connectivity index is 1.23. The second kappa shape index (κ2) is 15.2. The molecule has 0 aliphatic carbocycles. The third-order valence-electron chi connectivity index (χ3n) is 12.1. The molecule has 0 unspecified atom stereocenters. The highest BCUT2D eigenvalue weighted by Gasteiger charge is 2.29. The molecule has 0 aliphatic heterocycles. The Morgan fingerprint density at radius 3 is 0.667 bits per heavy atom. The minimum atomic E-state index is 1.17. The van der Waals surface area contributed by atoms with E-state index >= 15 is 0 Å².